The van der Waals surface area contributed by atoms with E-state index in [0.717, 1.165) is 0 Å². The SMILES string of the molecule is O=S(=O)(O)O.O=S(=O)(O)O.O=S(=O)(O)O.O=S([O-])[O-].O=S([O-])[O-].O=S([O-])[O-].[Al+3].[Al+3]. The van der Waals surface area contributed by atoms with E-state index < -0.39 is 65.3 Å². The fraction of sp³-hybridized carbons (Fsp3) is 0. The molecule has 0 amide bonds. The largest absolute Gasteiger partial charge is 3.00 e. The van der Waals surface area contributed by atoms with E-state index in [4.69, 9.17) is 92.5 Å². The summed E-state index contributed by atoms with van der Waals surface area (Å²) in [5.74, 6) is 0. The molecule has 29 heteroatoms. The molecule has 174 valence electrons. The van der Waals surface area contributed by atoms with E-state index in [1.54, 1.807) is 0 Å². The zero-order chi connectivity index (χ0) is 24.2. The van der Waals surface area contributed by atoms with Gasteiger partial charge >= 0.3 is 65.9 Å². The maximum atomic E-state index is 8.74. The summed E-state index contributed by atoms with van der Waals surface area (Å²) in [6.45, 7) is 0. The molecule has 0 aromatic rings. The molecular formula is H6Al2O21S6. The molecule has 0 aromatic heterocycles. The second kappa shape index (κ2) is 28.9. The van der Waals surface area contributed by atoms with Crippen LogP contribution in [0.4, 0.5) is 0 Å². The Morgan fingerprint density at radius 3 is 0.414 bits per heavy atom. The third kappa shape index (κ3) is 26700. The van der Waals surface area contributed by atoms with E-state index in [2.05, 4.69) is 0 Å². The fourth-order valence-electron chi connectivity index (χ4n) is 0. The van der Waals surface area contributed by atoms with Gasteiger partial charge < -0.3 is 27.3 Å². The molecule has 0 rings (SSSR count). The van der Waals surface area contributed by atoms with Gasteiger partial charge in [0, 0.05) is 0 Å². The van der Waals surface area contributed by atoms with Crippen molar-refractivity contribution in [3.05, 3.63) is 0 Å². The molecule has 0 aromatic carbocycles. The smallest absolute Gasteiger partial charge is 0.784 e. The van der Waals surface area contributed by atoms with Crippen molar-refractivity contribution >= 4 is 100 Å². The molecule has 29 heavy (non-hydrogen) atoms. The molecule has 0 aliphatic carbocycles. The van der Waals surface area contributed by atoms with Gasteiger partial charge in [0.2, 0.25) is 0 Å². The number of hydrogen-bond donors (Lipinski definition) is 6. The Bertz CT molecular complexity index is 558. The average Bonchev–Trinajstić information content (AvgIpc) is 2.01. The Hall–Kier alpha value is 0.885. The standard InChI is InChI=1S/2Al.3H2O4S.3H2O3S/c;;3*1-5(2,3)4;3*1-4(2)3/h;;3*(H2,1,2,3,4);3*(H2,1,2,3)/q2*+3;;;;;;/p-6. The molecular weight excluding hydrogens is 582 g/mol. The van der Waals surface area contributed by atoms with Gasteiger partial charge in [-0.05, 0) is 0 Å². The summed E-state index contributed by atoms with van der Waals surface area (Å²) in [5.41, 5.74) is 0. The van der Waals surface area contributed by atoms with E-state index in [-0.39, 0.29) is 34.7 Å². The van der Waals surface area contributed by atoms with E-state index in [1.165, 1.54) is 0 Å². The van der Waals surface area contributed by atoms with Crippen molar-refractivity contribution in [2.24, 2.45) is 0 Å². The predicted molar refractivity (Wildman–Crippen MR) is 83.1 cm³/mol. The molecule has 21 nitrogen and oxygen atoms in total. The quantitative estimate of drug-likeness (QED) is 0.0871. The minimum Gasteiger partial charge on any atom is -0.784 e. The van der Waals surface area contributed by atoms with Gasteiger partial charge in [-0.3, -0.25) is 39.9 Å². The summed E-state index contributed by atoms with van der Waals surface area (Å²) in [7, 11) is -14.0. The van der Waals surface area contributed by atoms with Crippen molar-refractivity contribution in [1.29, 1.82) is 0 Å². The third-order valence-electron chi connectivity index (χ3n) is 0. The van der Waals surface area contributed by atoms with E-state index in [1.807, 2.05) is 0 Å². The summed E-state index contributed by atoms with van der Waals surface area (Å²) in [6.07, 6.45) is 0. The van der Waals surface area contributed by atoms with Crippen molar-refractivity contribution in [1.82, 2.24) is 0 Å². The van der Waals surface area contributed by atoms with Crippen LogP contribution >= 0.6 is 0 Å². The van der Waals surface area contributed by atoms with Gasteiger partial charge in [0.25, 0.3) is 0 Å². The van der Waals surface area contributed by atoms with E-state index >= 15 is 0 Å². The first-order chi connectivity index (χ1) is 11.2. The Balaban J connectivity index is -0.0000000301. The third-order valence-corrected chi connectivity index (χ3v) is 0. The van der Waals surface area contributed by atoms with Crippen molar-refractivity contribution < 1.29 is 92.5 Å². The van der Waals surface area contributed by atoms with Gasteiger partial charge in [0.15, 0.2) is 0 Å². The topological polar surface area (TPSA) is 413 Å². The van der Waals surface area contributed by atoms with Crippen molar-refractivity contribution in [3.63, 3.8) is 0 Å². The molecule has 0 unspecified atom stereocenters. The number of hydrogen-bond acceptors (Lipinski definition) is 15. The second-order valence-corrected chi connectivity index (χ2v) is 5.87. The van der Waals surface area contributed by atoms with Crippen LogP contribution < -0.4 is 0 Å². The van der Waals surface area contributed by atoms with Crippen LogP contribution in [0.15, 0.2) is 0 Å². The van der Waals surface area contributed by atoms with Crippen LogP contribution in [0.5, 0.6) is 0 Å². The predicted octanol–water partition coefficient (Wildman–Crippen LogP) is -5.73. The maximum absolute atomic E-state index is 8.74. The summed E-state index contributed by atoms with van der Waals surface area (Å²) < 4.78 is 171. The zero-order valence-electron chi connectivity index (χ0n) is 12.4. The minimum atomic E-state index is -4.67. The summed E-state index contributed by atoms with van der Waals surface area (Å²) in [4.78, 5) is 0. The van der Waals surface area contributed by atoms with Crippen LogP contribution in [0.3, 0.4) is 0 Å². The molecule has 0 fully saturated rings. The zero-order valence-corrected chi connectivity index (χ0v) is 19.6. The normalized spacial score (nSPS) is 9.62. The Morgan fingerprint density at radius 1 is 0.414 bits per heavy atom. The summed E-state index contributed by atoms with van der Waals surface area (Å²) in [6, 6.07) is 0. The molecule has 0 heterocycles. The fourth-order valence-corrected chi connectivity index (χ4v) is 0. The van der Waals surface area contributed by atoms with Crippen LogP contribution in [-0.2, 0) is 65.3 Å². The first kappa shape index (κ1) is 52.1. The van der Waals surface area contributed by atoms with Gasteiger partial charge in [0.1, 0.15) is 0 Å². The van der Waals surface area contributed by atoms with Crippen molar-refractivity contribution in [2.75, 3.05) is 0 Å². The van der Waals surface area contributed by atoms with Crippen molar-refractivity contribution in [2.45, 2.75) is 0 Å². The number of rotatable bonds is 0. The van der Waals surface area contributed by atoms with Crippen LogP contribution in [0.2, 0.25) is 0 Å². The molecule has 6 N–H and O–H groups in total. The first-order valence-electron chi connectivity index (χ1n) is 3.60. The molecule has 0 aliphatic rings. The Kier molecular flexibility index (Phi) is 51.9. The Labute approximate surface area is 191 Å². The maximum Gasteiger partial charge on any atom is 3.00 e. The molecule has 0 atom stereocenters. The van der Waals surface area contributed by atoms with Gasteiger partial charge in [-0.25, -0.2) is 0 Å². The van der Waals surface area contributed by atoms with Crippen LogP contribution in [0.1, 0.15) is 0 Å². The molecule has 0 spiro atoms. The van der Waals surface area contributed by atoms with E-state index in [9.17, 15) is 0 Å². The van der Waals surface area contributed by atoms with Crippen LogP contribution in [0.25, 0.3) is 0 Å². The monoisotopic (exact) mass is 588 g/mol. The Morgan fingerprint density at radius 2 is 0.414 bits per heavy atom. The first-order valence-corrected chi connectivity index (χ1v) is 10.8. The summed E-state index contributed by atoms with van der Waals surface area (Å²) >= 11 is -9.33. The van der Waals surface area contributed by atoms with Crippen LogP contribution in [0, 0.1) is 0 Å². The molecule has 0 radical (unpaired) electrons. The van der Waals surface area contributed by atoms with Gasteiger partial charge in [0.05, 0.1) is 0 Å². The van der Waals surface area contributed by atoms with Gasteiger partial charge in [-0.1, -0.05) is 0 Å². The molecule has 0 aliphatic heterocycles. The van der Waals surface area contributed by atoms with Gasteiger partial charge in [-0.15, -0.1) is 34.1 Å². The second-order valence-electron chi connectivity index (χ2n) is 1.96. The van der Waals surface area contributed by atoms with E-state index in [0.29, 0.717) is 0 Å². The summed E-state index contributed by atoms with van der Waals surface area (Å²) in [5, 5.41) is 0. The molecule has 0 saturated carbocycles. The van der Waals surface area contributed by atoms with Gasteiger partial charge in [-0.2, -0.15) is 25.3 Å². The van der Waals surface area contributed by atoms with Crippen molar-refractivity contribution in [3.8, 4) is 0 Å². The molecule has 0 saturated heterocycles. The average molecular weight is 588 g/mol. The minimum absolute atomic E-state index is 0. The molecule has 0 bridgehead atoms. The van der Waals surface area contributed by atoms with Crippen LogP contribution in [-0.4, -0.2) is 127 Å².